The van der Waals surface area contributed by atoms with E-state index >= 15 is 0 Å². The van der Waals surface area contributed by atoms with Crippen LogP contribution >= 0.6 is 11.6 Å². The number of hydrogen-bond acceptors (Lipinski definition) is 4. The molecular weight excluding hydrogens is 327 g/mol. The van der Waals surface area contributed by atoms with E-state index in [4.69, 9.17) is 16.3 Å². The lowest BCUT2D eigenvalue weighted by Gasteiger charge is -2.19. The maximum absolute atomic E-state index is 14.4. The third-order valence-corrected chi connectivity index (χ3v) is 3.56. The van der Waals surface area contributed by atoms with Gasteiger partial charge in [-0.3, -0.25) is 9.59 Å². The highest BCUT2D eigenvalue weighted by Gasteiger charge is 2.23. The fourth-order valence-electron chi connectivity index (χ4n) is 2.22. The monoisotopic (exact) mass is 340 g/mol. The SMILES string of the molecule is CCOC(=O)c1c[nH]c2cc(Cl)c(F)c(N(C=O)CC)c2c1=O. The van der Waals surface area contributed by atoms with Crippen molar-refractivity contribution in [1.82, 2.24) is 4.98 Å². The summed E-state index contributed by atoms with van der Waals surface area (Å²) >= 11 is 5.82. The average Bonchev–Trinajstić information content (AvgIpc) is 2.52. The molecule has 122 valence electrons. The van der Waals surface area contributed by atoms with E-state index in [2.05, 4.69) is 4.98 Å². The van der Waals surface area contributed by atoms with E-state index < -0.39 is 17.2 Å². The molecule has 2 rings (SSSR count). The van der Waals surface area contributed by atoms with E-state index in [0.717, 1.165) is 4.90 Å². The zero-order valence-electron chi connectivity index (χ0n) is 12.5. The Labute approximate surface area is 135 Å². The first kappa shape index (κ1) is 17.0. The minimum atomic E-state index is -0.903. The van der Waals surface area contributed by atoms with Crippen LogP contribution in [0.3, 0.4) is 0 Å². The summed E-state index contributed by atoms with van der Waals surface area (Å²) in [5, 5.41) is -0.376. The van der Waals surface area contributed by atoms with Gasteiger partial charge in [-0.15, -0.1) is 0 Å². The molecule has 0 unspecified atom stereocenters. The van der Waals surface area contributed by atoms with E-state index in [1.807, 2.05) is 0 Å². The second kappa shape index (κ2) is 6.78. The number of H-pyrrole nitrogens is 1. The zero-order chi connectivity index (χ0) is 17.1. The molecule has 8 heteroatoms. The smallest absolute Gasteiger partial charge is 0.343 e. The minimum Gasteiger partial charge on any atom is -0.462 e. The number of carbonyl (C=O) groups is 2. The van der Waals surface area contributed by atoms with Gasteiger partial charge in [0.2, 0.25) is 11.8 Å². The molecule has 0 spiro atoms. The van der Waals surface area contributed by atoms with E-state index in [0.29, 0.717) is 6.41 Å². The van der Waals surface area contributed by atoms with Crippen molar-refractivity contribution < 1.29 is 18.7 Å². The highest BCUT2D eigenvalue weighted by Crippen LogP contribution is 2.32. The fraction of sp³-hybridized carbons (Fsp3) is 0.267. The van der Waals surface area contributed by atoms with Crippen molar-refractivity contribution in [2.75, 3.05) is 18.1 Å². The summed E-state index contributed by atoms with van der Waals surface area (Å²) in [4.78, 5) is 39.3. The van der Waals surface area contributed by atoms with E-state index in [-0.39, 0.29) is 40.3 Å². The topological polar surface area (TPSA) is 79.5 Å². The number of amides is 1. The number of aromatic amines is 1. The largest absolute Gasteiger partial charge is 0.462 e. The van der Waals surface area contributed by atoms with Crippen molar-refractivity contribution in [3.8, 4) is 0 Å². The maximum Gasteiger partial charge on any atom is 0.343 e. The third kappa shape index (κ3) is 2.92. The predicted molar refractivity (Wildman–Crippen MR) is 84.6 cm³/mol. The summed E-state index contributed by atoms with van der Waals surface area (Å²) < 4.78 is 19.2. The standard InChI is InChI=1S/C15H14ClFN2O4/c1-3-19(7-20)13-11-10(5-9(16)12(13)17)18-6-8(14(11)21)15(22)23-4-2/h5-7H,3-4H2,1-2H3,(H,18,21). The first-order valence-electron chi connectivity index (χ1n) is 6.88. The van der Waals surface area contributed by atoms with Gasteiger partial charge in [0.25, 0.3) is 0 Å². The molecule has 1 aromatic carbocycles. The number of aromatic nitrogens is 1. The molecule has 0 saturated heterocycles. The van der Waals surface area contributed by atoms with Crippen LogP contribution in [0.15, 0.2) is 17.1 Å². The van der Waals surface area contributed by atoms with Gasteiger partial charge in [0.15, 0.2) is 5.82 Å². The molecule has 0 radical (unpaired) electrons. The fourth-order valence-corrected chi connectivity index (χ4v) is 2.42. The number of hydrogen-bond donors (Lipinski definition) is 1. The Bertz CT molecular complexity index is 834. The first-order chi connectivity index (χ1) is 11.0. The molecule has 23 heavy (non-hydrogen) atoms. The van der Waals surface area contributed by atoms with Crippen LogP contribution in [-0.4, -0.2) is 30.5 Å². The molecule has 0 aliphatic heterocycles. The van der Waals surface area contributed by atoms with Gasteiger partial charge >= 0.3 is 5.97 Å². The Morgan fingerprint density at radius 3 is 2.74 bits per heavy atom. The molecule has 1 aromatic heterocycles. The molecule has 0 atom stereocenters. The number of nitrogens with zero attached hydrogens (tertiary/aromatic N) is 1. The summed E-state index contributed by atoms with van der Waals surface area (Å²) in [6.07, 6.45) is 1.57. The van der Waals surface area contributed by atoms with Gasteiger partial charge in [0.05, 0.1) is 28.2 Å². The predicted octanol–water partition coefficient (Wildman–Crippen LogP) is 2.48. The lowest BCUT2D eigenvalue weighted by Crippen LogP contribution is -2.25. The zero-order valence-corrected chi connectivity index (χ0v) is 13.2. The minimum absolute atomic E-state index is 0.0908. The number of pyridine rings is 1. The molecule has 2 aromatic rings. The van der Waals surface area contributed by atoms with Crippen molar-refractivity contribution in [2.45, 2.75) is 13.8 Å². The number of anilines is 1. The molecule has 6 nitrogen and oxygen atoms in total. The second-order valence-electron chi connectivity index (χ2n) is 4.59. The van der Waals surface area contributed by atoms with Crippen molar-refractivity contribution in [3.63, 3.8) is 0 Å². The highest BCUT2D eigenvalue weighted by molar-refractivity contribution is 6.32. The third-order valence-electron chi connectivity index (χ3n) is 3.29. The molecule has 0 aliphatic carbocycles. The summed E-state index contributed by atoms with van der Waals surface area (Å²) in [5.41, 5.74) is -1.06. The molecular formula is C15H14ClFN2O4. The van der Waals surface area contributed by atoms with Gasteiger partial charge < -0.3 is 14.6 Å². The molecule has 0 aliphatic rings. The van der Waals surface area contributed by atoms with Crippen LogP contribution < -0.4 is 10.3 Å². The molecule has 1 amide bonds. The number of ether oxygens (including phenoxy) is 1. The van der Waals surface area contributed by atoms with Gasteiger partial charge in [0, 0.05) is 12.7 Å². The van der Waals surface area contributed by atoms with Gasteiger partial charge in [0.1, 0.15) is 5.56 Å². The molecule has 0 bridgehead atoms. The molecule has 1 N–H and O–H groups in total. The number of fused-ring (bicyclic) bond motifs is 1. The van der Waals surface area contributed by atoms with Gasteiger partial charge in [-0.25, -0.2) is 9.18 Å². The van der Waals surface area contributed by atoms with Crippen LogP contribution in [0.25, 0.3) is 10.9 Å². The van der Waals surface area contributed by atoms with Crippen molar-refractivity contribution in [1.29, 1.82) is 0 Å². The summed E-state index contributed by atoms with van der Waals surface area (Å²) in [6, 6.07) is 1.23. The lowest BCUT2D eigenvalue weighted by molar-refractivity contribution is -0.107. The summed E-state index contributed by atoms with van der Waals surface area (Å²) in [5.74, 6) is -1.73. The van der Waals surface area contributed by atoms with Crippen LogP contribution in [0.2, 0.25) is 5.02 Å². The second-order valence-corrected chi connectivity index (χ2v) is 4.99. The summed E-state index contributed by atoms with van der Waals surface area (Å²) in [6.45, 7) is 3.43. The van der Waals surface area contributed by atoms with Crippen molar-refractivity contribution >= 4 is 40.6 Å². The average molecular weight is 341 g/mol. The lowest BCUT2D eigenvalue weighted by atomic mass is 10.1. The Kier molecular flexibility index (Phi) is 5.00. The van der Waals surface area contributed by atoms with Crippen LogP contribution in [0.1, 0.15) is 24.2 Å². The number of benzene rings is 1. The van der Waals surface area contributed by atoms with Crippen molar-refractivity contribution in [3.05, 3.63) is 38.9 Å². The van der Waals surface area contributed by atoms with E-state index in [1.165, 1.54) is 12.3 Å². The molecule has 0 fully saturated rings. The van der Waals surface area contributed by atoms with E-state index in [1.54, 1.807) is 13.8 Å². The highest BCUT2D eigenvalue weighted by atomic mass is 35.5. The van der Waals surface area contributed by atoms with Crippen LogP contribution in [-0.2, 0) is 9.53 Å². The Morgan fingerprint density at radius 1 is 1.48 bits per heavy atom. The number of nitrogens with one attached hydrogen (secondary N) is 1. The van der Waals surface area contributed by atoms with Crippen molar-refractivity contribution in [2.24, 2.45) is 0 Å². The number of carbonyl (C=O) groups excluding carboxylic acids is 2. The van der Waals surface area contributed by atoms with Crippen LogP contribution in [0.5, 0.6) is 0 Å². The number of esters is 1. The number of rotatable bonds is 5. The first-order valence-corrected chi connectivity index (χ1v) is 7.26. The summed E-state index contributed by atoms with van der Waals surface area (Å²) in [7, 11) is 0. The molecule has 0 saturated carbocycles. The van der Waals surface area contributed by atoms with E-state index in [9.17, 15) is 18.8 Å². The normalized spacial score (nSPS) is 10.6. The van der Waals surface area contributed by atoms with Crippen LogP contribution in [0, 0.1) is 5.82 Å². The Hall–Kier alpha value is -2.41. The quantitative estimate of drug-likeness (QED) is 0.670. The van der Waals surface area contributed by atoms with Gasteiger partial charge in [-0.2, -0.15) is 0 Å². The Morgan fingerprint density at radius 2 is 2.17 bits per heavy atom. The van der Waals surface area contributed by atoms with Crippen LogP contribution in [0.4, 0.5) is 10.1 Å². The maximum atomic E-state index is 14.4. The van der Waals surface area contributed by atoms with Gasteiger partial charge in [-0.1, -0.05) is 11.6 Å². The Balaban J connectivity index is 2.88. The number of halogens is 2. The molecule has 1 heterocycles. The van der Waals surface area contributed by atoms with Gasteiger partial charge in [-0.05, 0) is 19.9 Å².